The number of carbonyl (C=O) groups is 2. The van der Waals surface area contributed by atoms with Crippen LogP contribution in [0.15, 0.2) is 24.3 Å². The van der Waals surface area contributed by atoms with Crippen molar-refractivity contribution in [3.8, 4) is 0 Å². The van der Waals surface area contributed by atoms with E-state index in [-0.39, 0.29) is 18.4 Å². The number of anilines is 2. The molecule has 0 saturated heterocycles. The summed E-state index contributed by atoms with van der Waals surface area (Å²) in [7, 11) is 0. The Hall–Kier alpha value is -2.04. The van der Waals surface area contributed by atoms with Crippen LogP contribution >= 0.6 is 0 Å². The van der Waals surface area contributed by atoms with Crippen LogP contribution in [-0.4, -0.2) is 24.9 Å². The predicted octanol–water partition coefficient (Wildman–Crippen LogP) is 3.14. The minimum atomic E-state index is -0.113. The van der Waals surface area contributed by atoms with Crippen molar-refractivity contribution >= 4 is 23.2 Å². The smallest absolute Gasteiger partial charge is 0.239 e. The normalized spacial score (nSPS) is 10.1. The summed E-state index contributed by atoms with van der Waals surface area (Å²) in [6.45, 7) is 4.62. The van der Waals surface area contributed by atoms with Crippen molar-refractivity contribution in [2.75, 3.05) is 23.7 Å². The topological polar surface area (TPSA) is 70.2 Å². The first-order valence-corrected chi connectivity index (χ1v) is 8.00. The van der Waals surface area contributed by atoms with Gasteiger partial charge in [-0.25, -0.2) is 0 Å². The van der Waals surface area contributed by atoms with E-state index in [1.54, 1.807) is 6.07 Å². The standard InChI is InChI=1S/C17H27N3O2/c1-3-4-5-6-7-11-18-17(22)13-19-15-9-8-10-16(12-15)20-14(2)21/h8-10,12,19H,3-7,11,13H2,1-2H3,(H,18,22)(H,20,21). The van der Waals surface area contributed by atoms with Crippen LogP contribution in [0.1, 0.15) is 46.0 Å². The van der Waals surface area contributed by atoms with Crippen molar-refractivity contribution in [3.63, 3.8) is 0 Å². The van der Waals surface area contributed by atoms with E-state index in [2.05, 4.69) is 22.9 Å². The molecule has 0 heterocycles. The van der Waals surface area contributed by atoms with Crippen molar-refractivity contribution in [2.24, 2.45) is 0 Å². The van der Waals surface area contributed by atoms with Crippen LogP contribution in [-0.2, 0) is 9.59 Å². The Labute approximate surface area is 132 Å². The lowest BCUT2D eigenvalue weighted by Gasteiger charge is -2.09. The molecule has 122 valence electrons. The summed E-state index contributed by atoms with van der Waals surface area (Å²) in [6, 6.07) is 7.31. The molecule has 1 aromatic rings. The fraction of sp³-hybridized carbons (Fsp3) is 0.529. The number of amides is 2. The zero-order chi connectivity index (χ0) is 16.2. The molecule has 0 radical (unpaired) electrons. The second-order valence-electron chi connectivity index (χ2n) is 5.38. The van der Waals surface area contributed by atoms with Gasteiger partial charge in [0.25, 0.3) is 0 Å². The molecule has 22 heavy (non-hydrogen) atoms. The second kappa shape index (κ2) is 10.7. The molecule has 0 aliphatic rings. The second-order valence-corrected chi connectivity index (χ2v) is 5.38. The monoisotopic (exact) mass is 305 g/mol. The van der Waals surface area contributed by atoms with E-state index < -0.39 is 0 Å². The molecule has 0 fully saturated rings. The first-order chi connectivity index (χ1) is 10.6. The minimum Gasteiger partial charge on any atom is -0.376 e. The van der Waals surface area contributed by atoms with E-state index in [0.717, 1.165) is 18.7 Å². The number of carbonyl (C=O) groups excluding carboxylic acids is 2. The molecule has 2 amide bonds. The number of rotatable bonds is 10. The maximum absolute atomic E-state index is 11.7. The Morgan fingerprint density at radius 2 is 1.77 bits per heavy atom. The molecule has 0 aliphatic carbocycles. The van der Waals surface area contributed by atoms with Crippen LogP contribution in [0.25, 0.3) is 0 Å². The third kappa shape index (κ3) is 8.29. The van der Waals surface area contributed by atoms with E-state index >= 15 is 0 Å². The zero-order valence-corrected chi connectivity index (χ0v) is 13.6. The Kier molecular flexibility index (Phi) is 8.72. The average Bonchev–Trinajstić information content (AvgIpc) is 2.48. The third-order valence-corrected chi connectivity index (χ3v) is 3.24. The summed E-state index contributed by atoms with van der Waals surface area (Å²) in [5, 5.41) is 8.67. The molecule has 5 heteroatoms. The molecule has 1 rings (SSSR count). The molecule has 5 nitrogen and oxygen atoms in total. The molecule has 0 unspecified atom stereocenters. The third-order valence-electron chi connectivity index (χ3n) is 3.24. The fourth-order valence-corrected chi connectivity index (χ4v) is 2.11. The molecule has 1 aromatic carbocycles. The Morgan fingerprint density at radius 1 is 1.05 bits per heavy atom. The summed E-state index contributed by atoms with van der Waals surface area (Å²) in [5.74, 6) is -0.126. The largest absolute Gasteiger partial charge is 0.376 e. The first kappa shape index (κ1) is 18.0. The summed E-state index contributed by atoms with van der Waals surface area (Å²) < 4.78 is 0. The lowest BCUT2D eigenvalue weighted by atomic mass is 10.1. The summed E-state index contributed by atoms with van der Waals surface area (Å²) >= 11 is 0. The summed E-state index contributed by atoms with van der Waals surface area (Å²) in [5.41, 5.74) is 1.53. The highest BCUT2D eigenvalue weighted by molar-refractivity contribution is 5.89. The van der Waals surface area contributed by atoms with Crippen LogP contribution in [0.4, 0.5) is 11.4 Å². The van der Waals surface area contributed by atoms with E-state index in [1.807, 2.05) is 18.2 Å². The van der Waals surface area contributed by atoms with Crippen molar-refractivity contribution in [1.29, 1.82) is 0 Å². The Morgan fingerprint density at radius 3 is 2.50 bits per heavy atom. The lowest BCUT2D eigenvalue weighted by Crippen LogP contribution is -2.30. The van der Waals surface area contributed by atoms with E-state index in [0.29, 0.717) is 5.69 Å². The van der Waals surface area contributed by atoms with Crippen molar-refractivity contribution < 1.29 is 9.59 Å². The molecule has 0 spiro atoms. The molecule has 0 bridgehead atoms. The van der Waals surface area contributed by atoms with Gasteiger partial charge in [-0.2, -0.15) is 0 Å². The van der Waals surface area contributed by atoms with Gasteiger partial charge in [-0.3, -0.25) is 9.59 Å². The maximum atomic E-state index is 11.7. The lowest BCUT2D eigenvalue weighted by molar-refractivity contribution is -0.119. The van der Waals surface area contributed by atoms with Crippen molar-refractivity contribution in [3.05, 3.63) is 24.3 Å². The highest BCUT2D eigenvalue weighted by Crippen LogP contribution is 2.14. The highest BCUT2D eigenvalue weighted by atomic mass is 16.2. The Balaban J connectivity index is 2.22. The molecule has 0 aliphatic heterocycles. The highest BCUT2D eigenvalue weighted by Gasteiger charge is 2.02. The number of nitrogens with one attached hydrogen (secondary N) is 3. The first-order valence-electron chi connectivity index (χ1n) is 8.00. The van der Waals surface area contributed by atoms with Gasteiger partial charge in [0, 0.05) is 24.8 Å². The predicted molar refractivity (Wildman–Crippen MR) is 91.0 cm³/mol. The summed E-state index contributed by atoms with van der Waals surface area (Å²) in [4.78, 5) is 22.7. The number of hydrogen-bond donors (Lipinski definition) is 3. The van der Waals surface area contributed by atoms with Gasteiger partial charge in [0.15, 0.2) is 0 Å². The van der Waals surface area contributed by atoms with E-state index in [1.165, 1.54) is 32.6 Å². The van der Waals surface area contributed by atoms with Gasteiger partial charge in [-0.15, -0.1) is 0 Å². The van der Waals surface area contributed by atoms with Crippen molar-refractivity contribution in [2.45, 2.75) is 46.0 Å². The molecular formula is C17H27N3O2. The van der Waals surface area contributed by atoms with Crippen LogP contribution in [0.3, 0.4) is 0 Å². The van der Waals surface area contributed by atoms with Crippen LogP contribution in [0.5, 0.6) is 0 Å². The average molecular weight is 305 g/mol. The van der Waals surface area contributed by atoms with Gasteiger partial charge in [0.1, 0.15) is 0 Å². The van der Waals surface area contributed by atoms with Crippen LogP contribution < -0.4 is 16.0 Å². The summed E-state index contributed by atoms with van der Waals surface area (Å²) in [6.07, 6.45) is 5.93. The minimum absolute atomic E-state index is 0.0135. The number of benzene rings is 1. The maximum Gasteiger partial charge on any atom is 0.239 e. The molecule has 0 aromatic heterocycles. The molecule has 3 N–H and O–H groups in total. The van der Waals surface area contributed by atoms with Gasteiger partial charge in [-0.05, 0) is 24.6 Å². The molecular weight excluding hydrogens is 278 g/mol. The van der Waals surface area contributed by atoms with Crippen LogP contribution in [0.2, 0.25) is 0 Å². The van der Waals surface area contributed by atoms with Gasteiger partial charge in [0.05, 0.1) is 6.54 Å². The number of hydrogen-bond acceptors (Lipinski definition) is 3. The van der Waals surface area contributed by atoms with Crippen LogP contribution in [0, 0.1) is 0 Å². The zero-order valence-electron chi connectivity index (χ0n) is 13.6. The van der Waals surface area contributed by atoms with Crippen molar-refractivity contribution in [1.82, 2.24) is 5.32 Å². The molecule has 0 saturated carbocycles. The quantitative estimate of drug-likeness (QED) is 0.582. The Bertz CT molecular complexity index is 475. The van der Waals surface area contributed by atoms with Gasteiger partial charge >= 0.3 is 0 Å². The van der Waals surface area contributed by atoms with E-state index in [9.17, 15) is 9.59 Å². The van der Waals surface area contributed by atoms with Gasteiger partial charge < -0.3 is 16.0 Å². The fourth-order valence-electron chi connectivity index (χ4n) is 2.11. The van der Waals surface area contributed by atoms with Gasteiger partial charge in [0.2, 0.25) is 11.8 Å². The van der Waals surface area contributed by atoms with E-state index in [4.69, 9.17) is 0 Å². The van der Waals surface area contributed by atoms with Gasteiger partial charge in [-0.1, -0.05) is 38.7 Å². The number of unbranched alkanes of at least 4 members (excludes halogenated alkanes) is 4. The molecule has 0 atom stereocenters. The SMILES string of the molecule is CCCCCCCNC(=O)CNc1cccc(NC(C)=O)c1.